The van der Waals surface area contributed by atoms with Crippen molar-refractivity contribution >= 4 is 23.0 Å². The average Bonchev–Trinajstić information content (AvgIpc) is 3.16. The van der Waals surface area contributed by atoms with Crippen LogP contribution in [0.4, 0.5) is 6.01 Å². The van der Waals surface area contributed by atoms with Crippen molar-refractivity contribution in [3.63, 3.8) is 0 Å². The average molecular weight is 393 g/mol. The fourth-order valence-corrected chi connectivity index (χ4v) is 4.46. The number of aromatic nitrogens is 1. The van der Waals surface area contributed by atoms with Crippen molar-refractivity contribution in [2.24, 2.45) is 5.92 Å². The normalized spacial score (nSPS) is 21.0. The molecule has 0 saturated carbocycles. The van der Waals surface area contributed by atoms with E-state index in [2.05, 4.69) is 9.88 Å². The van der Waals surface area contributed by atoms with E-state index < -0.39 is 0 Å². The number of fused-ring (bicyclic) bond motifs is 2. The third-order valence-corrected chi connectivity index (χ3v) is 6.09. The summed E-state index contributed by atoms with van der Waals surface area (Å²) in [6.45, 7) is 2.00. The van der Waals surface area contributed by atoms with Gasteiger partial charge in [-0.15, -0.1) is 0 Å². The summed E-state index contributed by atoms with van der Waals surface area (Å²) in [6.07, 6.45) is 0.941. The summed E-state index contributed by atoms with van der Waals surface area (Å²) in [7, 11) is 1.54. The highest BCUT2D eigenvalue weighted by atomic mass is 16.5. The molecule has 7 heteroatoms. The monoisotopic (exact) mass is 393 g/mol. The van der Waals surface area contributed by atoms with Crippen molar-refractivity contribution in [3.8, 4) is 5.75 Å². The number of carbonyl (C=O) groups excluding carboxylic acids is 1. The molecule has 3 heterocycles. The number of likely N-dealkylation sites (tertiary alicyclic amines) is 1. The molecular weight excluding hydrogens is 370 g/mol. The van der Waals surface area contributed by atoms with E-state index in [-0.39, 0.29) is 18.6 Å². The Kier molecular flexibility index (Phi) is 4.39. The maximum Gasteiger partial charge on any atom is 0.298 e. The first-order valence-electron chi connectivity index (χ1n) is 9.88. The first kappa shape index (κ1) is 18.0. The second-order valence-electron chi connectivity index (χ2n) is 7.64. The maximum atomic E-state index is 13.3. The zero-order valence-corrected chi connectivity index (χ0v) is 16.2. The summed E-state index contributed by atoms with van der Waals surface area (Å²) in [5, 5.41) is 9.70. The van der Waals surface area contributed by atoms with E-state index in [0.29, 0.717) is 41.9 Å². The van der Waals surface area contributed by atoms with Crippen LogP contribution in [0.1, 0.15) is 22.3 Å². The van der Waals surface area contributed by atoms with Crippen molar-refractivity contribution in [1.82, 2.24) is 9.88 Å². The lowest BCUT2D eigenvalue weighted by Crippen LogP contribution is -2.65. The molecule has 0 bridgehead atoms. The molecule has 2 unspecified atom stereocenters. The Morgan fingerprint density at radius 2 is 2.10 bits per heavy atom. The van der Waals surface area contributed by atoms with Gasteiger partial charge in [-0.1, -0.05) is 24.3 Å². The van der Waals surface area contributed by atoms with Gasteiger partial charge in [0.15, 0.2) is 5.58 Å². The summed E-state index contributed by atoms with van der Waals surface area (Å²) < 4.78 is 11.3. The quantitative estimate of drug-likeness (QED) is 0.734. The van der Waals surface area contributed by atoms with Crippen LogP contribution < -0.4 is 9.64 Å². The topological polar surface area (TPSA) is 79.0 Å². The number of hydrogen-bond donors (Lipinski definition) is 1. The molecule has 7 nitrogen and oxygen atoms in total. The van der Waals surface area contributed by atoms with Crippen molar-refractivity contribution in [3.05, 3.63) is 53.6 Å². The van der Waals surface area contributed by atoms with E-state index in [4.69, 9.17) is 9.15 Å². The van der Waals surface area contributed by atoms with E-state index in [1.165, 1.54) is 0 Å². The minimum absolute atomic E-state index is 0.102. The van der Waals surface area contributed by atoms with Crippen LogP contribution in [0.5, 0.6) is 5.75 Å². The molecule has 1 N–H and O–H groups in total. The largest absolute Gasteiger partial charge is 0.496 e. The molecule has 2 fully saturated rings. The smallest absolute Gasteiger partial charge is 0.298 e. The van der Waals surface area contributed by atoms with Crippen LogP contribution in [0.2, 0.25) is 0 Å². The number of aliphatic hydroxyl groups is 1. The highest BCUT2D eigenvalue weighted by Crippen LogP contribution is 2.38. The molecule has 1 amide bonds. The number of amides is 1. The first-order valence-corrected chi connectivity index (χ1v) is 9.88. The summed E-state index contributed by atoms with van der Waals surface area (Å²) >= 11 is 0. The minimum atomic E-state index is -0.201. The van der Waals surface area contributed by atoms with Gasteiger partial charge in [0.1, 0.15) is 11.3 Å². The fraction of sp³-hybridized carbons (Fsp3) is 0.364. The van der Waals surface area contributed by atoms with E-state index in [9.17, 15) is 9.90 Å². The number of anilines is 1. The van der Waals surface area contributed by atoms with Gasteiger partial charge in [-0.2, -0.15) is 4.98 Å². The third kappa shape index (κ3) is 2.93. The zero-order valence-electron chi connectivity index (χ0n) is 16.2. The van der Waals surface area contributed by atoms with Gasteiger partial charge < -0.3 is 24.1 Å². The number of para-hydroxylation sites is 2. The standard InChI is InChI=1S/C22H23N3O4/c1-28-19-8-4-5-15(13-26)20(19)21(27)24-10-9-14-11-25(17(14)12-24)22-23-16-6-2-3-7-18(16)29-22/h2-8,14,17,26H,9-13H2,1H3. The number of oxazole rings is 1. The van der Waals surface area contributed by atoms with Gasteiger partial charge in [0.05, 0.1) is 25.3 Å². The number of nitrogens with zero attached hydrogens (tertiary/aromatic N) is 3. The van der Waals surface area contributed by atoms with Crippen LogP contribution in [-0.2, 0) is 6.61 Å². The fourth-order valence-electron chi connectivity index (χ4n) is 4.46. The lowest BCUT2D eigenvalue weighted by Gasteiger charge is -2.52. The Balaban J connectivity index is 1.39. The zero-order chi connectivity index (χ0) is 20.0. The van der Waals surface area contributed by atoms with Crippen LogP contribution in [0.25, 0.3) is 11.1 Å². The molecule has 0 spiro atoms. The molecular formula is C22H23N3O4. The molecule has 0 aliphatic carbocycles. The second kappa shape index (κ2) is 7.08. The van der Waals surface area contributed by atoms with Gasteiger partial charge in [0.2, 0.25) is 0 Å². The van der Waals surface area contributed by atoms with E-state index in [1.807, 2.05) is 29.2 Å². The van der Waals surface area contributed by atoms with Crippen LogP contribution in [0.3, 0.4) is 0 Å². The van der Waals surface area contributed by atoms with Crippen LogP contribution in [0.15, 0.2) is 46.9 Å². The summed E-state index contributed by atoms with van der Waals surface area (Å²) in [5.41, 5.74) is 2.65. The number of aliphatic hydroxyl groups excluding tert-OH is 1. The molecule has 29 heavy (non-hydrogen) atoms. The molecule has 2 saturated heterocycles. The molecule has 2 aliphatic rings. The van der Waals surface area contributed by atoms with Gasteiger partial charge >= 0.3 is 0 Å². The summed E-state index contributed by atoms with van der Waals surface area (Å²) in [5.74, 6) is 0.923. The number of hydrogen-bond acceptors (Lipinski definition) is 6. The second-order valence-corrected chi connectivity index (χ2v) is 7.64. The minimum Gasteiger partial charge on any atom is -0.496 e. The summed E-state index contributed by atoms with van der Waals surface area (Å²) in [6, 6.07) is 13.8. The Labute approximate surface area is 168 Å². The van der Waals surface area contributed by atoms with Gasteiger partial charge in [-0.05, 0) is 30.2 Å². The van der Waals surface area contributed by atoms with E-state index >= 15 is 0 Å². The van der Waals surface area contributed by atoms with Gasteiger partial charge in [-0.3, -0.25) is 4.79 Å². The van der Waals surface area contributed by atoms with Crippen LogP contribution in [0, 0.1) is 5.92 Å². The maximum absolute atomic E-state index is 13.3. The number of piperidine rings is 1. The number of benzene rings is 2. The van der Waals surface area contributed by atoms with Gasteiger partial charge in [0, 0.05) is 25.6 Å². The Bertz CT molecular complexity index is 1010. The first-order chi connectivity index (χ1) is 14.2. The van der Waals surface area contributed by atoms with Crippen LogP contribution >= 0.6 is 0 Å². The highest BCUT2D eigenvalue weighted by Gasteiger charge is 2.46. The van der Waals surface area contributed by atoms with Crippen molar-refractivity contribution in [2.75, 3.05) is 31.6 Å². The van der Waals surface area contributed by atoms with E-state index in [1.54, 1.807) is 25.3 Å². The molecule has 2 aliphatic heterocycles. The Morgan fingerprint density at radius 1 is 1.24 bits per heavy atom. The van der Waals surface area contributed by atoms with Crippen molar-refractivity contribution in [1.29, 1.82) is 0 Å². The third-order valence-electron chi connectivity index (χ3n) is 6.09. The molecule has 5 rings (SSSR count). The van der Waals surface area contributed by atoms with Gasteiger partial charge in [0.25, 0.3) is 11.9 Å². The molecule has 3 aromatic rings. The number of ether oxygens (including phenoxy) is 1. The molecule has 1 aromatic heterocycles. The Morgan fingerprint density at radius 3 is 2.90 bits per heavy atom. The lowest BCUT2D eigenvalue weighted by atomic mass is 9.82. The van der Waals surface area contributed by atoms with Crippen LogP contribution in [-0.4, -0.2) is 53.7 Å². The van der Waals surface area contributed by atoms with Gasteiger partial charge in [-0.25, -0.2) is 0 Å². The molecule has 2 aromatic carbocycles. The number of rotatable bonds is 4. The van der Waals surface area contributed by atoms with E-state index in [0.717, 1.165) is 24.1 Å². The predicted octanol–water partition coefficient (Wildman–Crippen LogP) is 2.68. The molecule has 0 radical (unpaired) electrons. The lowest BCUT2D eigenvalue weighted by molar-refractivity contribution is 0.0577. The molecule has 150 valence electrons. The number of carbonyl (C=O) groups is 1. The highest BCUT2D eigenvalue weighted by molar-refractivity contribution is 5.98. The number of methoxy groups -OCH3 is 1. The van der Waals surface area contributed by atoms with Crippen molar-refractivity contribution in [2.45, 2.75) is 19.1 Å². The molecule has 2 atom stereocenters. The Hall–Kier alpha value is -3.06. The summed E-state index contributed by atoms with van der Waals surface area (Å²) in [4.78, 5) is 21.9. The van der Waals surface area contributed by atoms with Crippen molar-refractivity contribution < 1.29 is 19.1 Å². The SMILES string of the molecule is COc1cccc(CO)c1C(=O)N1CCC2CN(c3nc4ccccc4o3)C2C1. The predicted molar refractivity (Wildman–Crippen MR) is 108 cm³/mol.